The highest BCUT2D eigenvalue weighted by molar-refractivity contribution is 7.86. The Morgan fingerprint density at radius 1 is 1.04 bits per heavy atom. The summed E-state index contributed by atoms with van der Waals surface area (Å²) in [6.45, 7) is 0. The highest BCUT2D eigenvalue weighted by Crippen LogP contribution is 2.57. The standard InChI is InChI=1S/C15H22F4O3S/c16-13(17)15(18,19)2-1-3-23(20,21)22-14-7-10-4-11(8-14)6-12(5-10)9-14/h10-13H,1-9H2. The zero-order chi connectivity index (χ0) is 16.9. The number of hydrogen-bond acceptors (Lipinski definition) is 3. The van der Waals surface area contributed by atoms with Crippen molar-refractivity contribution in [2.75, 3.05) is 5.75 Å². The molecule has 23 heavy (non-hydrogen) atoms. The molecule has 3 nitrogen and oxygen atoms in total. The fourth-order valence-corrected chi connectivity index (χ4v) is 6.36. The summed E-state index contributed by atoms with van der Waals surface area (Å²) in [5, 5.41) is 0. The first kappa shape index (κ1) is 17.5. The fraction of sp³-hybridized carbons (Fsp3) is 1.00. The van der Waals surface area contributed by atoms with Crippen molar-refractivity contribution in [2.24, 2.45) is 17.8 Å². The molecule has 4 fully saturated rings. The van der Waals surface area contributed by atoms with E-state index in [2.05, 4.69) is 0 Å². The molecule has 0 spiro atoms. The lowest BCUT2D eigenvalue weighted by atomic mass is 9.54. The summed E-state index contributed by atoms with van der Waals surface area (Å²) >= 11 is 0. The average molecular weight is 358 g/mol. The zero-order valence-electron chi connectivity index (χ0n) is 12.8. The highest BCUT2D eigenvalue weighted by atomic mass is 32.2. The number of halogens is 4. The van der Waals surface area contributed by atoms with Gasteiger partial charge in [-0.2, -0.15) is 8.42 Å². The van der Waals surface area contributed by atoms with Gasteiger partial charge in [0.15, 0.2) is 0 Å². The monoisotopic (exact) mass is 358 g/mol. The third-order valence-electron chi connectivity index (χ3n) is 5.51. The predicted molar refractivity (Wildman–Crippen MR) is 76.0 cm³/mol. The van der Waals surface area contributed by atoms with Gasteiger partial charge in [-0.3, -0.25) is 4.18 Å². The molecule has 0 aromatic rings. The first-order valence-electron chi connectivity index (χ1n) is 8.18. The lowest BCUT2D eigenvalue weighted by Crippen LogP contribution is -2.52. The Hall–Kier alpha value is -0.370. The molecule has 4 aliphatic carbocycles. The molecule has 0 radical (unpaired) electrons. The smallest absolute Gasteiger partial charge is 0.263 e. The van der Waals surface area contributed by atoms with E-state index in [0.717, 1.165) is 19.3 Å². The normalized spacial score (nSPS) is 36.8. The molecule has 0 aromatic carbocycles. The van der Waals surface area contributed by atoms with E-state index in [4.69, 9.17) is 4.18 Å². The van der Waals surface area contributed by atoms with Crippen molar-refractivity contribution in [1.29, 1.82) is 0 Å². The maximum Gasteiger partial charge on any atom is 0.307 e. The molecule has 4 aliphatic rings. The molecule has 0 aromatic heterocycles. The van der Waals surface area contributed by atoms with Crippen molar-refractivity contribution >= 4 is 10.1 Å². The minimum Gasteiger partial charge on any atom is -0.263 e. The minimum absolute atomic E-state index is 0.500. The maximum atomic E-state index is 12.9. The van der Waals surface area contributed by atoms with Crippen LogP contribution in [0.5, 0.6) is 0 Å². The van der Waals surface area contributed by atoms with Gasteiger partial charge in [-0.05, 0) is 62.7 Å². The molecule has 0 aliphatic heterocycles. The molecule has 0 atom stereocenters. The molecule has 0 amide bonds. The fourth-order valence-electron chi connectivity index (χ4n) is 5.04. The quantitative estimate of drug-likeness (QED) is 0.511. The van der Waals surface area contributed by atoms with Gasteiger partial charge in [-0.25, -0.2) is 17.6 Å². The van der Waals surface area contributed by atoms with Crippen molar-refractivity contribution in [3.63, 3.8) is 0 Å². The van der Waals surface area contributed by atoms with E-state index >= 15 is 0 Å². The van der Waals surface area contributed by atoms with Crippen molar-refractivity contribution in [3.05, 3.63) is 0 Å². The molecular weight excluding hydrogens is 336 g/mol. The van der Waals surface area contributed by atoms with Crippen LogP contribution in [0, 0.1) is 17.8 Å². The third kappa shape index (κ3) is 3.83. The van der Waals surface area contributed by atoms with Crippen molar-refractivity contribution < 1.29 is 30.2 Å². The number of hydrogen-bond donors (Lipinski definition) is 0. The van der Waals surface area contributed by atoms with E-state index in [9.17, 15) is 26.0 Å². The molecule has 0 N–H and O–H groups in total. The Morgan fingerprint density at radius 3 is 1.96 bits per heavy atom. The molecule has 0 heterocycles. The first-order chi connectivity index (χ1) is 10.6. The number of rotatable bonds is 7. The lowest BCUT2D eigenvalue weighted by molar-refractivity contribution is -0.133. The highest BCUT2D eigenvalue weighted by Gasteiger charge is 2.53. The molecular formula is C15H22F4O3S. The van der Waals surface area contributed by atoms with E-state index in [1.807, 2.05) is 0 Å². The van der Waals surface area contributed by atoms with Gasteiger partial charge in [0.2, 0.25) is 0 Å². The van der Waals surface area contributed by atoms with Crippen LogP contribution in [0.1, 0.15) is 51.4 Å². The second-order valence-electron chi connectivity index (χ2n) is 7.61. The van der Waals surface area contributed by atoms with Gasteiger partial charge in [0, 0.05) is 6.42 Å². The van der Waals surface area contributed by atoms with E-state index in [1.54, 1.807) is 0 Å². The van der Waals surface area contributed by atoms with Crippen molar-refractivity contribution in [3.8, 4) is 0 Å². The van der Waals surface area contributed by atoms with Gasteiger partial charge < -0.3 is 0 Å². The van der Waals surface area contributed by atoms with Crippen molar-refractivity contribution in [1.82, 2.24) is 0 Å². The summed E-state index contributed by atoms with van der Waals surface area (Å²) in [7, 11) is -3.97. The summed E-state index contributed by atoms with van der Waals surface area (Å²) in [5.74, 6) is -3.27. The number of alkyl halides is 4. The van der Waals surface area contributed by atoms with Crippen molar-refractivity contribution in [2.45, 2.75) is 69.3 Å². The second-order valence-corrected chi connectivity index (χ2v) is 9.30. The molecule has 0 saturated heterocycles. The van der Waals surface area contributed by atoms with Gasteiger partial charge in [0.05, 0.1) is 11.4 Å². The van der Waals surface area contributed by atoms with Gasteiger partial charge in [0.25, 0.3) is 10.1 Å². The van der Waals surface area contributed by atoms with Crippen LogP contribution >= 0.6 is 0 Å². The summed E-state index contributed by atoms with van der Waals surface area (Å²) in [6, 6.07) is 0. The zero-order valence-corrected chi connectivity index (χ0v) is 13.6. The van der Waals surface area contributed by atoms with Crippen LogP contribution in [0.4, 0.5) is 17.6 Å². The Labute approximate surface area is 133 Å². The van der Waals surface area contributed by atoms with Gasteiger partial charge in [-0.15, -0.1) is 0 Å². The van der Waals surface area contributed by atoms with E-state index < -0.39 is 46.7 Å². The van der Waals surface area contributed by atoms with Crippen LogP contribution in [-0.2, 0) is 14.3 Å². The molecule has 4 rings (SSSR count). The average Bonchev–Trinajstić information content (AvgIpc) is 2.34. The Kier molecular flexibility index (Phi) is 4.45. The molecule has 134 valence electrons. The molecule has 8 heteroatoms. The molecule has 4 saturated carbocycles. The van der Waals surface area contributed by atoms with Crippen LogP contribution in [-0.4, -0.2) is 32.1 Å². The summed E-state index contributed by atoms with van der Waals surface area (Å²) in [6.07, 6.45) is 0.0902. The van der Waals surface area contributed by atoms with Crippen LogP contribution in [0.3, 0.4) is 0 Å². The Bertz CT molecular complexity index is 512. The van der Waals surface area contributed by atoms with Crippen LogP contribution in [0.2, 0.25) is 0 Å². The summed E-state index contributed by atoms with van der Waals surface area (Å²) in [5.41, 5.74) is -0.668. The summed E-state index contributed by atoms with van der Waals surface area (Å²) < 4.78 is 79.6. The topological polar surface area (TPSA) is 43.4 Å². The lowest BCUT2D eigenvalue weighted by Gasteiger charge is -2.55. The van der Waals surface area contributed by atoms with Gasteiger partial charge >= 0.3 is 12.3 Å². The van der Waals surface area contributed by atoms with Gasteiger partial charge in [-0.1, -0.05) is 0 Å². The first-order valence-corrected chi connectivity index (χ1v) is 9.76. The maximum absolute atomic E-state index is 12.9. The minimum atomic E-state index is -4.14. The largest absolute Gasteiger partial charge is 0.307 e. The molecule has 4 bridgehead atoms. The third-order valence-corrected chi connectivity index (χ3v) is 6.91. The Morgan fingerprint density at radius 2 is 1.52 bits per heavy atom. The van der Waals surface area contributed by atoms with Crippen LogP contribution in [0.15, 0.2) is 0 Å². The molecule has 0 unspecified atom stereocenters. The van der Waals surface area contributed by atoms with Crippen LogP contribution in [0.25, 0.3) is 0 Å². The predicted octanol–water partition coefficient (Wildman–Crippen LogP) is 3.98. The van der Waals surface area contributed by atoms with Crippen LogP contribution < -0.4 is 0 Å². The van der Waals surface area contributed by atoms with Gasteiger partial charge in [0.1, 0.15) is 0 Å². The van der Waals surface area contributed by atoms with E-state index in [-0.39, 0.29) is 0 Å². The second kappa shape index (κ2) is 5.86. The summed E-state index contributed by atoms with van der Waals surface area (Å²) in [4.78, 5) is 0. The van der Waals surface area contributed by atoms with E-state index in [1.165, 1.54) is 0 Å². The Balaban J connectivity index is 1.57. The van der Waals surface area contributed by atoms with E-state index in [0.29, 0.717) is 37.0 Å². The SMILES string of the molecule is O=S(=O)(CCCC(F)(F)C(F)F)OC12CC3CC(CC(C3)C1)C2.